The highest BCUT2D eigenvalue weighted by molar-refractivity contribution is 6.24. The first-order valence-electron chi connectivity index (χ1n) is 19.2. The van der Waals surface area contributed by atoms with Crippen molar-refractivity contribution in [1.82, 2.24) is 19.5 Å². The maximum Gasteiger partial charge on any atom is 0.164 e. The van der Waals surface area contributed by atoms with Crippen LogP contribution in [0.3, 0.4) is 0 Å². The summed E-state index contributed by atoms with van der Waals surface area (Å²) >= 11 is 0. The topological polar surface area (TPSA) is 80.5 Å². The van der Waals surface area contributed by atoms with Crippen LogP contribution < -0.4 is 0 Å². The van der Waals surface area contributed by atoms with Gasteiger partial charge < -0.3 is 8.98 Å². The lowest BCUT2D eigenvalue weighted by Crippen LogP contribution is -2.02. The molecule has 0 aliphatic rings. The van der Waals surface area contributed by atoms with Gasteiger partial charge in [-0.15, -0.1) is 0 Å². The molecule has 0 amide bonds. The maximum absolute atomic E-state index is 10.4. The summed E-state index contributed by atoms with van der Waals surface area (Å²) in [7, 11) is 0. The number of nitrogens with zero attached hydrogens (tertiary/aromatic N) is 5. The van der Waals surface area contributed by atoms with E-state index in [0.29, 0.717) is 23.0 Å². The van der Waals surface area contributed by atoms with E-state index in [4.69, 9.17) is 19.4 Å². The summed E-state index contributed by atoms with van der Waals surface area (Å²) in [6, 6.07) is 66.1. The molecular formula is C52H31N5O. The molecule has 270 valence electrons. The SMILES string of the molecule is N#Cc1cc(-c2ccccc2)c(-c2ccc(-n3c4ccccc4c4ccc5oc6ccccc6c5c43)cc2)c(-c2nc(-c3ccccc3)nc(-c3ccccc3)n2)c1. The Kier molecular flexibility index (Phi) is 7.76. The number of furan rings is 1. The van der Waals surface area contributed by atoms with E-state index in [1.807, 2.05) is 103 Å². The highest BCUT2D eigenvalue weighted by atomic mass is 16.3. The molecule has 0 saturated heterocycles. The summed E-state index contributed by atoms with van der Waals surface area (Å²) in [4.78, 5) is 15.2. The van der Waals surface area contributed by atoms with Crippen molar-refractivity contribution < 1.29 is 4.42 Å². The molecular weight excluding hydrogens is 711 g/mol. The van der Waals surface area contributed by atoms with Crippen LogP contribution in [0.1, 0.15) is 5.56 Å². The molecule has 0 radical (unpaired) electrons. The predicted octanol–water partition coefficient (Wildman–Crippen LogP) is 13.1. The summed E-state index contributed by atoms with van der Waals surface area (Å²) in [6.45, 7) is 0. The van der Waals surface area contributed by atoms with Gasteiger partial charge in [0.05, 0.1) is 28.1 Å². The van der Waals surface area contributed by atoms with Crippen molar-refractivity contribution in [3.63, 3.8) is 0 Å². The van der Waals surface area contributed by atoms with E-state index in [9.17, 15) is 5.26 Å². The first-order chi connectivity index (χ1) is 28.7. The maximum atomic E-state index is 10.4. The molecule has 8 aromatic carbocycles. The summed E-state index contributed by atoms with van der Waals surface area (Å²) in [5.74, 6) is 1.59. The number of fused-ring (bicyclic) bond motifs is 7. The molecule has 0 bridgehead atoms. The molecule has 0 spiro atoms. The molecule has 0 atom stereocenters. The minimum Gasteiger partial charge on any atom is -0.456 e. The summed E-state index contributed by atoms with van der Waals surface area (Å²) in [6.07, 6.45) is 0. The number of nitriles is 1. The molecule has 11 aromatic rings. The third-order valence-electron chi connectivity index (χ3n) is 10.9. The van der Waals surface area contributed by atoms with Gasteiger partial charge in [0, 0.05) is 44.1 Å². The fraction of sp³-hybridized carbons (Fsp3) is 0. The molecule has 3 heterocycles. The third kappa shape index (κ3) is 5.45. The lowest BCUT2D eigenvalue weighted by molar-refractivity contribution is 0.669. The van der Waals surface area contributed by atoms with Gasteiger partial charge in [0.25, 0.3) is 0 Å². The van der Waals surface area contributed by atoms with Gasteiger partial charge in [0.15, 0.2) is 17.5 Å². The highest BCUT2D eigenvalue weighted by Gasteiger charge is 2.22. The molecule has 0 unspecified atom stereocenters. The van der Waals surface area contributed by atoms with Crippen LogP contribution in [0.5, 0.6) is 0 Å². The number of para-hydroxylation sites is 2. The quantitative estimate of drug-likeness (QED) is 0.169. The van der Waals surface area contributed by atoms with Crippen molar-refractivity contribution in [2.24, 2.45) is 0 Å². The molecule has 0 fully saturated rings. The van der Waals surface area contributed by atoms with Crippen LogP contribution in [0.4, 0.5) is 0 Å². The second kappa shape index (κ2) is 13.6. The standard InChI is InChI=1S/C52H31N5O/c53-32-33-30-42(34-14-4-1-5-15-34)47(43(31-33)52-55-50(36-16-6-2-7-17-36)54-51(56-52)37-18-8-3-9-19-37)35-24-26-38(27-25-35)57-44-22-12-10-20-39(44)40-28-29-46-48(49(40)57)41-21-11-13-23-45(41)58-46/h1-31H. The summed E-state index contributed by atoms with van der Waals surface area (Å²) < 4.78 is 8.72. The average Bonchev–Trinajstić information content (AvgIpc) is 3.85. The lowest BCUT2D eigenvalue weighted by Gasteiger charge is -2.18. The fourth-order valence-electron chi connectivity index (χ4n) is 8.28. The van der Waals surface area contributed by atoms with Crippen LogP contribution in [-0.2, 0) is 0 Å². The number of aromatic nitrogens is 4. The Morgan fingerprint density at radius 3 is 1.69 bits per heavy atom. The van der Waals surface area contributed by atoms with E-state index in [0.717, 1.165) is 83.0 Å². The Labute approximate surface area is 333 Å². The van der Waals surface area contributed by atoms with Crippen LogP contribution in [0, 0.1) is 11.3 Å². The number of rotatable bonds is 6. The first-order valence-corrected chi connectivity index (χ1v) is 19.2. The summed E-state index contributed by atoms with van der Waals surface area (Å²) in [5, 5.41) is 14.9. The van der Waals surface area contributed by atoms with Crippen molar-refractivity contribution in [2.45, 2.75) is 0 Å². The fourth-order valence-corrected chi connectivity index (χ4v) is 8.28. The van der Waals surface area contributed by atoms with Crippen LogP contribution >= 0.6 is 0 Å². The van der Waals surface area contributed by atoms with Gasteiger partial charge in [-0.3, -0.25) is 0 Å². The Morgan fingerprint density at radius 2 is 1.02 bits per heavy atom. The zero-order valence-electron chi connectivity index (χ0n) is 31.0. The zero-order chi connectivity index (χ0) is 38.6. The number of benzene rings is 8. The van der Waals surface area contributed by atoms with E-state index in [1.165, 1.54) is 5.39 Å². The highest BCUT2D eigenvalue weighted by Crippen LogP contribution is 2.43. The van der Waals surface area contributed by atoms with E-state index in [-0.39, 0.29) is 0 Å². The third-order valence-corrected chi connectivity index (χ3v) is 10.9. The van der Waals surface area contributed by atoms with Crippen molar-refractivity contribution in [2.75, 3.05) is 0 Å². The minimum absolute atomic E-state index is 0.484. The average molecular weight is 742 g/mol. The Bertz CT molecular complexity index is 3320. The minimum atomic E-state index is 0.484. The second-order valence-corrected chi connectivity index (χ2v) is 14.3. The van der Waals surface area contributed by atoms with Crippen LogP contribution in [-0.4, -0.2) is 19.5 Å². The van der Waals surface area contributed by atoms with Crippen LogP contribution in [0.25, 0.3) is 106 Å². The Hall–Kier alpha value is -8.14. The second-order valence-electron chi connectivity index (χ2n) is 14.3. The van der Waals surface area contributed by atoms with Crippen molar-refractivity contribution in [1.29, 1.82) is 5.26 Å². The van der Waals surface area contributed by atoms with E-state index >= 15 is 0 Å². The molecule has 6 heteroatoms. The predicted molar refractivity (Wildman–Crippen MR) is 233 cm³/mol. The Balaban J connectivity index is 1.17. The van der Waals surface area contributed by atoms with Crippen LogP contribution in [0.2, 0.25) is 0 Å². The molecule has 0 aliphatic carbocycles. The van der Waals surface area contributed by atoms with Gasteiger partial charge in [-0.05, 0) is 65.2 Å². The van der Waals surface area contributed by atoms with Crippen molar-refractivity contribution >= 4 is 43.7 Å². The van der Waals surface area contributed by atoms with Crippen LogP contribution in [0.15, 0.2) is 192 Å². The molecule has 0 N–H and O–H groups in total. The molecule has 0 saturated carbocycles. The van der Waals surface area contributed by atoms with Gasteiger partial charge in [0.1, 0.15) is 11.2 Å². The molecule has 0 aliphatic heterocycles. The molecule has 58 heavy (non-hydrogen) atoms. The van der Waals surface area contributed by atoms with Gasteiger partial charge >= 0.3 is 0 Å². The normalized spacial score (nSPS) is 11.4. The van der Waals surface area contributed by atoms with Crippen molar-refractivity contribution in [3.8, 4) is 68.2 Å². The largest absolute Gasteiger partial charge is 0.456 e. The van der Waals surface area contributed by atoms with Gasteiger partial charge in [-0.2, -0.15) is 5.26 Å². The van der Waals surface area contributed by atoms with E-state index in [1.54, 1.807) is 0 Å². The molecule has 6 nitrogen and oxygen atoms in total. The zero-order valence-corrected chi connectivity index (χ0v) is 31.0. The molecule has 11 rings (SSSR count). The van der Waals surface area contributed by atoms with E-state index in [2.05, 4.69) is 95.6 Å². The van der Waals surface area contributed by atoms with Gasteiger partial charge in [0.2, 0.25) is 0 Å². The lowest BCUT2D eigenvalue weighted by atomic mass is 9.88. The van der Waals surface area contributed by atoms with E-state index < -0.39 is 0 Å². The first kappa shape index (κ1) is 33.2. The van der Waals surface area contributed by atoms with Crippen molar-refractivity contribution in [3.05, 3.63) is 194 Å². The number of hydrogen-bond acceptors (Lipinski definition) is 5. The van der Waals surface area contributed by atoms with Gasteiger partial charge in [-0.1, -0.05) is 140 Å². The number of hydrogen-bond donors (Lipinski definition) is 0. The summed E-state index contributed by atoms with van der Waals surface area (Å²) in [5.41, 5.74) is 11.7. The smallest absolute Gasteiger partial charge is 0.164 e. The monoisotopic (exact) mass is 741 g/mol. The Morgan fingerprint density at radius 1 is 0.448 bits per heavy atom. The van der Waals surface area contributed by atoms with Gasteiger partial charge in [-0.25, -0.2) is 15.0 Å². The molecule has 3 aromatic heterocycles.